The molecule has 0 fully saturated rings. The summed E-state index contributed by atoms with van der Waals surface area (Å²) in [5, 5.41) is 7.71. The molecule has 0 spiro atoms. The van der Waals surface area contributed by atoms with Crippen LogP contribution in [0.15, 0.2) is 76.2 Å². The number of halogens is 1. The molecule has 0 bridgehead atoms. The first kappa shape index (κ1) is 27.2. The molecule has 7 nitrogen and oxygen atoms in total. The Labute approximate surface area is 217 Å². The summed E-state index contributed by atoms with van der Waals surface area (Å²) < 4.78 is 5.80. The van der Waals surface area contributed by atoms with Gasteiger partial charge < -0.3 is 9.73 Å². The zero-order valence-corrected chi connectivity index (χ0v) is 21.5. The topological polar surface area (TPSA) is 86.9 Å². The van der Waals surface area contributed by atoms with Gasteiger partial charge in [-0.3, -0.25) is 14.5 Å². The van der Waals surface area contributed by atoms with Gasteiger partial charge in [-0.05, 0) is 80.9 Å². The largest absolute Gasteiger partial charge is 0.455 e. The van der Waals surface area contributed by atoms with Crippen LogP contribution in [0.1, 0.15) is 49.2 Å². The van der Waals surface area contributed by atoms with E-state index < -0.39 is 0 Å². The number of carbonyl (C=O) groups excluding carboxylic acids is 2. The first-order chi connectivity index (χ1) is 17.5. The number of furan rings is 1. The van der Waals surface area contributed by atoms with Crippen molar-refractivity contribution in [2.45, 2.75) is 39.2 Å². The highest BCUT2D eigenvalue weighted by molar-refractivity contribution is 6.30. The molecular weight excluding hydrogens is 476 g/mol. The third kappa shape index (κ3) is 8.07. The van der Waals surface area contributed by atoms with E-state index in [0.29, 0.717) is 35.1 Å². The van der Waals surface area contributed by atoms with Gasteiger partial charge in [0.25, 0.3) is 11.8 Å². The van der Waals surface area contributed by atoms with Crippen LogP contribution in [0.25, 0.3) is 11.3 Å². The van der Waals surface area contributed by atoms with Crippen LogP contribution in [-0.4, -0.2) is 48.6 Å². The van der Waals surface area contributed by atoms with Gasteiger partial charge in [-0.15, -0.1) is 0 Å². The maximum atomic E-state index is 12.9. The van der Waals surface area contributed by atoms with Crippen LogP contribution >= 0.6 is 11.6 Å². The lowest BCUT2D eigenvalue weighted by atomic mass is 10.1. The molecule has 190 valence electrons. The number of hydrogen-bond acceptors (Lipinski definition) is 5. The predicted octanol–water partition coefficient (Wildman–Crippen LogP) is 5.36. The molecule has 8 heteroatoms. The van der Waals surface area contributed by atoms with E-state index in [0.717, 1.165) is 31.5 Å². The summed E-state index contributed by atoms with van der Waals surface area (Å²) in [7, 11) is 0. The molecule has 3 aromatic rings. The molecule has 1 heterocycles. The summed E-state index contributed by atoms with van der Waals surface area (Å²) >= 11 is 5.94. The van der Waals surface area contributed by atoms with Gasteiger partial charge in [-0.2, -0.15) is 5.10 Å². The Morgan fingerprint density at radius 3 is 2.42 bits per heavy atom. The summed E-state index contributed by atoms with van der Waals surface area (Å²) in [6, 6.07) is 19.9. The Hall–Kier alpha value is -3.42. The molecule has 1 unspecified atom stereocenters. The molecule has 0 saturated heterocycles. The van der Waals surface area contributed by atoms with Crippen LogP contribution < -0.4 is 10.7 Å². The molecule has 2 aromatic carbocycles. The van der Waals surface area contributed by atoms with E-state index in [1.54, 1.807) is 30.3 Å². The molecule has 1 aromatic heterocycles. The van der Waals surface area contributed by atoms with Gasteiger partial charge >= 0.3 is 0 Å². The number of carbonyl (C=O) groups is 2. The number of amides is 2. The third-order valence-electron chi connectivity index (χ3n) is 5.90. The minimum atomic E-state index is -0.303. The summed E-state index contributed by atoms with van der Waals surface area (Å²) in [4.78, 5) is 27.2. The van der Waals surface area contributed by atoms with Crippen molar-refractivity contribution in [1.82, 2.24) is 15.6 Å². The van der Waals surface area contributed by atoms with Gasteiger partial charge in [0.05, 0.1) is 12.3 Å². The lowest BCUT2D eigenvalue weighted by Gasteiger charge is -2.27. The Morgan fingerprint density at radius 1 is 1.00 bits per heavy atom. The highest BCUT2D eigenvalue weighted by Crippen LogP contribution is 2.23. The minimum Gasteiger partial charge on any atom is -0.455 e. The molecule has 1 atom stereocenters. The SMILES string of the molecule is CCN(CC)C(CCCCNC(=O)c1ccccc1)C(=O)NN=Cc1ccc(-c2ccc(Cl)cc2)o1. The Kier molecular flexibility index (Phi) is 10.7. The van der Waals surface area contributed by atoms with Gasteiger partial charge in [-0.25, -0.2) is 5.43 Å². The molecule has 0 aliphatic rings. The molecular formula is C28H33ClN4O3. The maximum Gasteiger partial charge on any atom is 0.257 e. The number of hydrogen-bond donors (Lipinski definition) is 2. The summed E-state index contributed by atoms with van der Waals surface area (Å²) in [6.07, 6.45) is 3.75. The second-order valence-corrected chi connectivity index (χ2v) is 8.73. The van der Waals surface area contributed by atoms with Gasteiger partial charge in [0.15, 0.2) is 0 Å². The average molecular weight is 509 g/mol. The number of likely N-dealkylation sites (N-methyl/N-ethyl adjacent to an activating group) is 1. The predicted molar refractivity (Wildman–Crippen MR) is 144 cm³/mol. The highest BCUT2D eigenvalue weighted by atomic mass is 35.5. The molecule has 0 aliphatic carbocycles. The Bertz CT molecular complexity index is 1130. The van der Waals surface area contributed by atoms with Gasteiger partial charge in [0.1, 0.15) is 11.5 Å². The Balaban J connectivity index is 1.49. The molecule has 2 amide bonds. The van der Waals surface area contributed by atoms with Crippen LogP contribution in [0, 0.1) is 0 Å². The second kappa shape index (κ2) is 14.2. The molecule has 3 rings (SSSR count). The number of benzene rings is 2. The fourth-order valence-corrected chi connectivity index (χ4v) is 4.05. The van der Waals surface area contributed by atoms with E-state index in [1.165, 1.54) is 6.21 Å². The van der Waals surface area contributed by atoms with E-state index in [4.69, 9.17) is 16.0 Å². The van der Waals surface area contributed by atoms with E-state index in [1.807, 2.05) is 50.2 Å². The normalized spacial score (nSPS) is 12.1. The number of rotatable bonds is 13. The van der Waals surface area contributed by atoms with E-state index in [2.05, 4.69) is 20.7 Å². The standard InChI is InChI=1S/C28H33ClN4O3/c1-3-33(4-2)25(12-8-9-19-30-27(34)22-10-6-5-7-11-22)28(35)32-31-20-24-17-18-26(36-24)21-13-15-23(29)16-14-21/h5-7,10-11,13-18,20,25H,3-4,8-9,12,19H2,1-2H3,(H,30,34)(H,32,35). The van der Waals surface area contributed by atoms with Gasteiger partial charge in [0, 0.05) is 22.7 Å². The van der Waals surface area contributed by atoms with Crippen LogP contribution in [-0.2, 0) is 4.79 Å². The van der Waals surface area contributed by atoms with Crippen LogP contribution in [0.3, 0.4) is 0 Å². The van der Waals surface area contributed by atoms with Crippen molar-refractivity contribution in [3.05, 3.63) is 83.1 Å². The zero-order chi connectivity index (χ0) is 25.8. The third-order valence-corrected chi connectivity index (χ3v) is 6.16. The van der Waals surface area contributed by atoms with Crippen molar-refractivity contribution in [3.8, 4) is 11.3 Å². The monoisotopic (exact) mass is 508 g/mol. The number of nitrogens with zero attached hydrogens (tertiary/aromatic N) is 2. The van der Waals surface area contributed by atoms with Crippen molar-refractivity contribution >= 4 is 29.6 Å². The van der Waals surface area contributed by atoms with Crippen LogP contribution in [0.4, 0.5) is 0 Å². The fraction of sp³-hybridized carbons (Fsp3) is 0.321. The second-order valence-electron chi connectivity index (χ2n) is 8.30. The molecule has 0 aliphatic heterocycles. The summed E-state index contributed by atoms with van der Waals surface area (Å²) in [5.41, 5.74) is 4.21. The summed E-state index contributed by atoms with van der Waals surface area (Å²) in [6.45, 7) is 6.15. The number of unbranched alkanes of at least 4 members (excludes halogenated alkanes) is 1. The van der Waals surface area contributed by atoms with Crippen molar-refractivity contribution in [2.24, 2.45) is 5.10 Å². The van der Waals surface area contributed by atoms with Crippen molar-refractivity contribution in [3.63, 3.8) is 0 Å². The summed E-state index contributed by atoms with van der Waals surface area (Å²) in [5.74, 6) is 0.987. The maximum absolute atomic E-state index is 12.9. The van der Waals surface area contributed by atoms with Crippen molar-refractivity contribution in [2.75, 3.05) is 19.6 Å². The van der Waals surface area contributed by atoms with Crippen LogP contribution in [0.2, 0.25) is 5.02 Å². The quantitative estimate of drug-likeness (QED) is 0.185. The van der Waals surface area contributed by atoms with Gasteiger partial charge in [0.2, 0.25) is 0 Å². The lowest BCUT2D eigenvalue weighted by molar-refractivity contribution is -0.126. The van der Waals surface area contributed by atoms with Crippen molar-refractivity contribution < 1.29 is 14.0 Å². The smallest absolute Gasteiger partial charge is 0.257 e. The van der Waals surface area contributed by atoms with Crippen molar-refractivity contribution in [1.29, 1.82) is 0 Å². The number of hydrazone groups is 1. The number of nitrogens with one attached hydrogen (secondary N) is 2. The fourth-order valence-electron chi connectivity index (χ4n) is 3.93. The molecule has 0 saturated carbocycles. The van der Waals surface area contributed by atoms with Crippen LogP contribution in [0.5, 0.6) is 0 Å². The molecule has 0 radical (unpaired) electrons. The van der Waals surface area contributed by atoms with E-state index in [-0.39, 0.29) is 17.9 Å². The zero-order valence-electron chi connectivity index (χ0n) is 20.7. The molecule has 36 heavy (non-hydrogen) atoms. The molecule has 2 N–H and O–H groups in total. The first-order valence-electron chi connectivity index (χ1n) is 12.3. The highest BCUT2D eigenvalue weighted by Gasteiger charge is 2.23. The lowest BCUT2D eigenvalue weighted by Crippen LogP contribution is -2.45. The first-order valence-corrected chi connectivity index (χ1v) is 12.7. The Morgan fingerprint density at radius 2 is 1.72 bits per heavy atom. The minimum absolute atomic E-state index is 0.0832. The van der Waals surface area contributed by atoms with E-state index in [9.17, 15) is 9.59 Å². The van der Waals surface area contributed by atoms with E-state index >= 15 is 0 Å². The van der Waals surface area contributed by atoms with Gasteiger partial charge in [-0.1, -0.05) is 43.6 Å². The average Bonchev–Trinajstić information content (AvgIpc) is 3.37.